The summed E-state index contributed by atoms with van der Waals surface area (Å²) in [5.74, 6) is 0. The van der Waals surface area contributed by atoms with Gasteiger partial charge in [0.1, 0.15) is 0 Å². The maximum atomic E-state index is 11.8. The second kappa shape index (κ2) is 2.16. The maximum Gasteiger partial charge on any atom is 0.466 e. The molecule has 0 saturated heterocycles. The Morgan fingerprint density at radius 3 is 1.80 bits per heavy atom. The highest BCUT2D eigenvalue weighted by atomic mass is 19.2. The SMILES string of the molecule is Fc1nc(F)[n+](F)c(F)n1. The average Bonchev–Trinajstić information content (AvgIpc) is 1.82. The van der Waals surface area contributed by atoms with Crippen LogP contribution < -0.4 is 4.79 Å². The summed E-state index contributed by atoms with van der Waals surface area (Å²) < 4.78 is 47.1. The molecule has 3 nitrogen and oxygen atoms in total. The van der Waals surface area contributed by atoms with Crippen molar-refractivity contribution in [2.75, 3.05) is 0 Å². The van der Waals surface area contributed by atoms with Crippen LogP contribution in [0.5, 0.6) is 0 Å². The van der Waals surface area contributed by atoms with Gasteiger partial charge in [0.05, 0.1) is 0 Å². The summed E-state index contributed by atoms with van der Waals surface area (Å²) in [6.07, 6.45) is -5.47. The Bertz CT molecular complexity index is 239. The van der Waals surface area contributed by atoms with Crippen LogP contribution in [0.25, 0.3) is 0 Å². The molecule has 0 aliphatic rings. The molecular formula is C3F4N3+. The molecule has 10 heavy (non-hydrogen) atoms. The smallest absolute Gasteiger partial charge is 0.129 e. The molecular weight excluding hydrogens is 154 g/mol. The van der Waals surface area contributed by atoms with Crippen molar-refractivity contribution in [3.05, 3.63) is 18.2 Å². The quantitative estimate of drug-likeness (QED) is 0.489. The molecule has 7 heteroatoms. The highest BCUT2D eigenvalue weighted by Crippen LogP contribution is 1.88. The van der Waals surface area contributed by atoms with Gasteiger partial charge in [0.25, 0.3) is 0 Å². The predicted octanol–water partition coefficient (Wildman–Crippen LogP) is -0.0860. The minimum absolute atomic E-state index is 1.11. The van der Waals surface area contributed by atoms with E-state index in [1.54, 1.807) is 0 Å². The molecule has 0 aromatic carbocycles. The van der Waals surface area contributed by atoms with Crippen molar-refractivity contribution in [1.29, 1.82) is 0 Å². The summed E-state index contributed by atoms with van der Waals surface area (Å²) in [6.45, 7) is 0. The van der Waals surface area contributed by atoms with E-state index in [2.05, 4.69) is 9.97 Å². The normalized spacial score (nSPS) is 10.0. The Morgan fingerprint density at radius 2 is 1.40 bits per heavy atom. The van der Waals surface area contributed by atoms with Crippen LogP contribution in [0.2, 0.25) is 0 Å². The molecule has 0 aliphatic heterocycles. The Kier molecular flexibility index (Phi) is 1.48. The fraction of sp³-hybridized carbons (Fsp3) is 0. The van der Waals surface area contributed by atoms with Crippen LogP contribution in [0.1, 0.15) is 0 Å². The topological polar surface area (TPSA) is 29.7 Å². The molecule has 0 saturated carbocycles. The van der Waals surface area contributed by atoms with Gasteiger partial charge in [0.2, 0.25) is 0 Å². The lowest BCUT2D eigenvalue weighted by Gasteiger charge is -1.82. The highest BCUT2D eigenvalue weighted by molar-refractivity contribution is 4.54. The minimum atomic E-state index is -1.91. The number of halogens is 4. The zero-order valence-electron chi connectivity index (χ0n) is 4.35. The number of nitrogens with zero attached hydrogens (tertiary/aromatic N) is 3. The van der Waals surface area contributed by atoms with Gasteiger partial charge in [-0.2, -0.15) is 0 Å². The standard InChI is InChI=1S/C3F4N3/c4-1-8-2(5)10(7)3(6)9-1/q+1. The molecule has 1 rings (SSSR count). The highest BCUT2D eigenvalue weighted by Gasteiger charge is 2.22. The Hall–Kier alpha value is -1.27. The zero-order chi connectivity index (χ0) is 7.72. The third-order valence-corrected chi connectivity index (χ3v) is 0.693. The van der Waals surface area contributed by atoms with Crippen LogP contribution >= 0.6 is 0 Å². The molecule has 0 aliphatic carbocycles. The summed E-state index contributed by atoms with van der Waals surface area (Å²) in [4.78, 5) is 3.37. The van der Waals surface area contributed by atoms with Crippen molar-refractivity contribution in [3.63, 3.8) is 0 Å². The number of aromatic nitrogens is 3. The number of rotatable bonds is 0. The first-order valence-electron chi connectivity index (χ1n) is 2.08. The lowest BCUT2D eigenvalue weighted by Crippen LogP contribution is -2.36. The van der Waals surface area contributed by atoms with Gasteiger partial charge in [-0.3, -0.25) is 0 Å². The van der Waals surface area contributed by atoms with E-state index in [0.717, 1.165) is 0 Å². The van der Waals surface area contributed by atoms with Crippen molar-refractivity contribution in [2.24, 2.45) is 0 Å². The first-order chi connectivity index (χ1) is 4.61. The molecule has 1 aromatic heterocycles. The molecule has 1 heterocycles. The molecule has 0 spiro atoms. The van der Waals surface area contributed by atoms with E-state index in [-0.39, 0.29) is 0 Å². The van der Waals surface area contributed by atoms with E-state index < -0.39 is 23.0 Å². The third-order valence-electron chi connectivity index (χ3n) is 0.693. The van der Waals surface area contributed by atoms with Gasteiger partial charge in [0.15, 0.2) is 0 Å². The molecule has 0 radical (unpaired) electrons. The molecule has 0 unspecified atom stereocenters. The van der Waals surface area contributed by atoms with Gasteiger partial charge in [-0.05, 0) is 14.4 Å². The van der Waals surface area contributed by atoms with Crippen LogP contribution in [0.3, 0.4) is 0 Å². The summed E-state index contributed by atoms with van der Waals surface area (Å²) in [7, 11) is 0. The average molecular weight is 154 g/mol. The third kappa shape index (κ3) is 1.02. The predicted molar refractivity (Wildman–Crippen MR) is 18.6 cm³/mol. The van der Waals surface area contributed by atoms with Gasteiger partial charge in [-0.25, -0.2) is 0 Å². The van der Waals surface area contributed by atoms with E-state index in [1.807, 2.05) is 0 Å². The Balaban J connectivity index is 3.31. The Morgan fingerprint density at radius 1 is 1.00 bits per heavy atom. The van der Waals surface area contributed by atoms with Gasteiger partial charge in [0, 0.05) is 4.79 Å². The first kappa shape index (κ1) is 6.84. The van der Waals surface area contributed by atoms with Crippen molar-refractivity contribution in [3.8, 4) is 0 Å². The van der Waals surface area contributed by atoms with E-state index in [1.165, 1.54) is 0 Å². The maximum absolute atomic E-state index is 11.8. The summed E-state index contributed by atoms with van der Waals surface area (Å²) in [5.41, 5.74) is 0. The van der Waals surface area contributed by atoms with E-state index in [0.29, 0.717) is 0 Å². The Labute approximate surface area is 51.9 Å². The molecule has 0 fully saturated rings. The van der Waals surface area contributed by atoms with E-state index in [4.69, 9.17) is 0 Å². The summed E-state index contributed by atoms with van der Waals surface area (Å²) in [5, 5.41) is 0. The van der Waals surface area contributed by atoms with Crippen LogP contribution in [-0.4, -0.2) is 9.97 Å². The fourth-order valence-corrected chi connectivity index (χ4v) is 0.341. The van der Waals surface area contributed by atoms with E-state index in [9.17, 15) is 17.7 Å². The van der Waals surface area contributed by atoms with Crippen molar-refractivity contribution in [2.45, 2.75) is 0 Å². The van der Waals surface area contributed by atoms with Crippen LogP contribution in [0.4, 0.5) is 17.7 Å². The van der Waals surface area contributed by atoms with Crippen LogP contribution in [0, 0.1) is 18.2 Å². The lowest BCUT2D eigenvalue weighted by molar-refractivity contribution is -0.891. The lowest BCUT2D eigenvalue weighted by atomic mass is 11.0. The van der Waals surface area contributed by atoms with Crippen molar-refractivity contribution in [1.82, 2.24) is 9.97 Å². The van der Waals surface area contributed by atoms with Gasteiger partial charge in [-0.1, -0.05) is 0 Å². The molecule has 0 N–H and O–H groups in total. The summed E-state index contributed by atoms with van der Waals surface area (Å²) >= 11 is 0. The largest absolute Gasteiger partial charge is 0.466 e. The molecule has 0 atom stereocenters. The van der Waals surface area contributed by atoms with Crippen molar-refractivity contribution < 1.29 is 22.4 Å². The van der Waals surface area contributed by atoms with Crippen LogP contribution in [0.15, 0.2) is 0 Å². The van der Waals surface area contributed by atoms with Gasteiger partial charge < -0.3 is 0 Å². The van der Waals surface area contributed by atoms with Gasteiger partial charge in [-0.15, -0.1) is 13.2 Å². The number of hydrogen-bond donors (Lipinski definition) is 0. The fourth-order valence-electron chi connectivity index (χ4n) is 0.341. The minimum Gasteiger partial charge on any atom is -0.129 e. The monoisotopic (exact) mass is 154 g/mol. The molecule has 1 aromatic rings. The van der Waals surface area contributed by atoms with E-state index >= 15 is 0 Å². The number of hydrogen-bond acceptors (Lipinski definition) is 2. The van der Waals surface area contributed by atoms with Gasteiger partial charge >= 0.3 is 18.2 Å². The summed E-state index contributed by atoms with van der Waals surface area (Å²) in [6, 6.07) is 0. The first-order valence-corrected chi connectivity index (χ1v) is 2.08. The van der Waals surface area contributed by atoms with Crippen molar-refractivity contribution >= 4 is 0 Å². The van der Waals surface area contributed by atoms with Crippen LogP contribution in [-0.2, 0) is 0 Å². The second-order valence-corrected chi connectivity index (χ2v) is 1.31. The second-order valence-electron chi connectivity index (χ2n) is 1.31. The zero-order valence-corrected chi connectivity index (χ0v) is 4.35. The molecule has 0 amide bonds. The molecule has 54 valence electrons. The molecule has 0 bridgehead atoms.